The average molecular weight is 389 g/mol. The van der Waals surface area contributed by atoms with Crippen molar-refractivity contribution in [1.82, 2.24) is 19.8 Å². The second-order valence-electron chi connectivity index (χ2n) is 8.64. The van der Waals surface area contributed by atoms with Crippen LogP contribution in [-0.4, -0.2) is 46.2 Å². The summed E-state index contributed by atoms with van der Waals surface area (Å²) in [4.78, 5) is 7.66. The molecule has 0 aliphatic carbocycles. The first-order valence-electron chi connectivity index (χ1n) is 11.3. The summed E-state index contributed by atoms with van der Waals surface area (Å²) in [6.07, 6.45) is 6.09. The van der Waals surface area contributed by atoms with Gasteiger partial charge in [-0.15, -0.1) is 0 Å². The number of nitrogens with zero attached hydrogens (tertiary/aromatic N) is 3. The minimum absolute atomic E-state index is 0.718. The molecule has 2 saturated heterocycles. The first kappa shape index (κ1) is 18.8. The Balaban J connectivity index is 1.28. The van der Waals surface area contributed by atoms with E-state index < -0.39 is 0 Å². The molecule has 2 aromatic carbocycles. The van der Waals surface area contributed by atoms with Gasteiger partial charge in [0.2, 0.25) is 0 Å². The van der Waals surface area contributed by atoms with E-state index in [2.05, 4.69) is 70.2 Å². The van der Waals surface area contributed by atoms with Crippen molar-refractivity contribution < 1.29 is 0 Å². The minimum Gasteiger partial charge on any atom is -0.328 e. The summed E-state index contributed by atoms with van der Waals surface area (Å²) in [5, 5.41) is 3.53. The van der Waals surface area contributed by atoms with Crippen molar-refractivity contribution >= 4 is 11.0 Å². The van der Waals surface area contributed by atoms with E-state index in [9.17, 15) is 0 Å². The van der Waals surface area contributed by atoms with Crippen molar-refractivity contribution in [2.24, 2.45) is 0 Å². The summed E-state index contributed by atoms with van der Waals surface area (Å²) in [6.45, 7) is 6.80. The summed E-state index contributed by atoms with van der Waals surface area (Å²) < 4.78 is 2.34. The molecule has 3 aromatic rings. The van der Waals surface area contributed by atoms with Crippen molar-refractivity contribution in [2.75, 3.05) is 19.6 Å². The van der Waals surface area contributed by atoms with E-state index in [1.807, 2.05) is 0 Å². The van der Waals surface area contributed by atoms with Crippen LogP contribution in [0.1, 0.15) is 43.1 Å². The minimum atomic E-state index is 0.718. The summed E-state index contributed by atoms with van der Waals surface area (Å²) in [7, 11) is 0. The molecule has 3 heterocycles. The molecule has 0 radical (unpaired) electrons. The van der Waals surface area contributed by atoms with Crippen molar-refractivity contribution in [1.29, 1.82) is 0 Å². The molecule has 0 amide bonds. The molecule has 4 nitrogen and oxygen atoms in total. The fourth-order valence-electron chi connectivity index (χ4n) is 5.34. The lowest BCUT2D eigenvalue weighted by molar-refractivity contribution is 0.190. The Labute approximate surface area is 173 Å². The van der Waals surface area contributed by atoms with Crippen LogP contribution < -0.4 is 5.32 Å². The van der Waals surface area contributed by atoms with Crippen LogP contribution >= 0.6 is 0 Å². The second kappa shape index (κ2) is 8.29. The molecule has 2 atom stereocenters. The predicted octanol–water partition coefficient (Wildman–Crippen LogP) is 4.02. The number of rotatable bonds is 6. The summed E-state index contributed by atoms with van der Waals surface area (Å²) in [6, 6.07) is 19.2. The molecule has 1 N–H and O–H groups in total. The zero-order valence-corrected chi connectivity index (χ0v) is 17.5. The standard InChI is InChI=1S/C25H32N4/c1-2-28-24-8-4-3-7-23(24)27-25(28)17-20-11-9-19(10-12-20)16-21-6-5-15-29(21)22-13-14-26-18-22/h3-4,7-12,21-22,26H,2,5-6,13-18H2,1H3. The van der Waals surface area contributed by atoms with Crippen molar-refractivity contribution in [3.8, 4) is 0 Å². The fraction of sp³-hybridized carbons (Fsp3) is 0.480. The SMILES string of the molecule is CCn1c(Cc2ccc(CC3CCCN3C3CCNC3)cc2)nc2ccccc21. The smallest absolute Gasteiger partial charge is 0.114 e. The molecular formula is C25H32N4. The van der Waals surface area contributed by atoms with E-state index in [0.29, 0.717) is 0 Å². The number of benzene rings is 2. The molecule has 0 spiro atoms. The predicted molar refractivity (Wildman–Crippen MR) is 119 cm³/mol. The summed E-state index contributed by atoms with van der Waals surface area (Å²) in [5.74, 6) is 1.16. The third-order valence-electron chi connectivity index (χ3n) is 6.83. The highest BCUT2D eigenvalue weighted by molar-refractivity contribution is 5.76. The van der Waals surface area contributed by atoms with Crippen LogP contribution in [-0.2, 0) is 19.4 Å². The van der Waals surface area contributed by atoms with Gasteiger partial charge in [0.15, 0.2) is 0 Å². The van der Waals surface area contributed by atoms with Crippen LogP contribution in [0.4, 0.5) is 0 Å². The highest BCUT2D eigenvalue weighted by Crippen LogP contribution is 2.26. The Morgan fingerprint density at radius 1 is 1.03 bits per heavy atom. The van der Waals surface area contributed by atoms with Gasteiger partial charge in [-0.2, -0.15) is 0 Å². The van der Waals surface area contributed by atoms with Gasteiger partial charge in [-0.25, -0.2) is 4.98 Å². The van der Waals surface area contributed by atoms with Gasteiger partial charge < -0.3 is 9.88 Å². The number of aryl methyl sites for hydroxylation is 1. The number of para-hydroxylation sites is 2. The monoisotopic (exact) mass is 388 g/mol. The Hall–Kier alpha value is -2.17. The molecule has 2 aliphatic heterocycles. The number of hydrogen-bond acceptors (Lipinski definition) is 3. The highest BCUT2D eigenvalue weighted by Gasteiger charge is 2.32. The first-order valence-corrected chi connectivity index (χ1v) is 11.3. The van der Waals surface area contributed by atoms with Crippen LogP contribution in [0.15, 0.2) is 48.5 Å². The molecule has 152 valence electrons. The number of aromatic nitrogens is 2. The van der Waals surface area contributed by atoms with Crippen molar-refractivity contribution in [2.45, 2.75) is 57.7 Å². The van der Waals surface area contributed by atoms with Crippen LogP contribution in [0.5, 0.6) is 0 Å². The molecule has 0 bridgehead atoms. The number of likely N-dealkylation sites (tertiary alicyclic amines) is 1. The van der Waals surface area contributed by atoms with Gasteiger partial charge in [0, 0.05) is 31.6 Å². The fourth-order valence-corrected chi connectivity index (χ4v) is 5.34. The molecule has 0 saturated carbocycles. The van der Waals surface area contributed by atoms with Crippen LogP contribution in [0.3, 0.4) is 0 Å². The van der Waals surface area contributed by atoms with Crippen molar-refractivity contribution in [3.63, 3.8) is 0 Å². The molecule has 2 fully saturated rings. The zero-order valence-electron chi connectivity index (χ0n) is 17.5. The van der Waals surface area contributed by atoms with E-state index >= 15 is 0 Å². The lowest BCUT2D eigenvalue weighted by Crippen LogP contribution is -2.41. The third-order valence-corrected chi connectivity index (χ3v) is 6.83. The van der Waals surface area contributed by atoms with Crippen molar-refractivity contribution in [3.05, 3.63) is 65.5 Å². The highest BCUT2D eigenvalue weighted by atomic mass is 15.2. The van der Waals surface area contributed by atoms with Gasteiger partial charge in [0.05, 0.1) is 11.0 Å². The van der Waals surface area contributed by atoms with Crippen LogP contribution in [0, 0.1) is 0 Å². The number of hydrogen-bond donors (Lipinski definition) is 1. The Morgan fingerprint density at radius 2 is 1.86 bits per heavy atom. The molecule has 4 heteroatoms. The number of imidazole rings is 1. The van der Waals surface area contributed by atoms with Gasteiger partial charge >= 0.3 is 0 Å². The van der Waals surface area contributed by atoms with E-state index in [-0.39, 0.29) is 0 Å². The Kier molecular flexibility index (Phi) is 5.38. The molecule has 5 rings (SSSR count). The Morgan fingerprint density at radius 3 is 2.66 bits per heavy atom. The summed E-state index contributed by atoms with van der Waals surface area (Å²) >= 11 is 0. The van der Waals surface area contributed by atoms with Gasteiger partial charge in [-0.3, -0.25) is 4.90 Å². The zero-order chi connectivity index (χ0) is 19.6. The lowest BCUT2D eigenvalue weighted by atomic mass is 10.0. The largest absolute Gasteiger partial charge is 0.328 e. The normalized spacial score (nSPS) is 22.7. The van der Waals surface area contributed by atoms with E-state index in [4.69, 9.17) is 4.98 Å². The lowest BCUT2D eigenvalue weighted by Gasteiger charge is -2.30. The van der Waals surface area contributed by atoms with Gasteiger partial charge in [0.1, 0.15) is 5.82 Å². The van der Waals surface area contributed by atoms with Gasteiger partial charge in [-0.1, -0.05) is 36.4 Å². The maximum Gasteiger partial charge on any atom is 0.114 e. The quantitative estimate of drug-likeness (QED) is 0.692. The van der Waals surface area contributed by atoms with Gasteiger partial charge in [-0.05, 0) is 69.0 Å². The van der Waals surface area contributed by atoms with Gasteiger partial charge in [0.25, 0.3) is 0 Å². The topological polar surface area (TPSA) is 33.1 Å². The molecule has 1 aromatic heterocycles. The number of nitrogens with one attached hydrogen (secondary N) is 1. The Bertz CT molecular complexity index is 953. The molecular weight excluding hydrogens is 356 g/mol. The van der Waals surface area contributed by atoms with E-state index in [0.717, 1.165) is 36.4 Å². The maximum atomic E-state index is 4.89. The van der Waals surface area contributed by atoms with E-state index in [1.165, 1.54) is 62.0 Å². The van der Waals surface area contributed by atoms with Crippen LogP contribution in [0.2, 0.25) is 0 Å². The number of fused-ring (bicyclic) bond motifs is 1. The van der Waals surface area contributed by atoms with E-state index in [1.54, 1.807) is 0 Å². The molecule has 2 aliphatic rings. The first-order chi connectivity index (χ1) is 14.3. The second-order valence-corrected chi connectivity index (χ2v) is 8.64. The third kappa shape index (κ3) is 3.84. The molecule has 2 unspecified atom stereocenters. The maximum absolute atomic E-state index is 4.89. The molecule has 29 heavy (non-hydrogen) atoms. The van der Waals surface area contributed by atoms with Crippen LogP contribution in [0.25, 0.3) is 11.0 Å². The average Bonchev–Trinajstić information content (AvgIpc) is 3.48. The summed E-state index contributed by atoms with van der Waals surface area (Å²) in [5.41, 5.74) is 5.16.